The van der Waals surface area contributed by atoms with Crippen LogP contribution in [-0.2, 0) is 4.84 Å². The number of hydrogen-bond acceptors (Lipinski definition) is 5. The second-order valence-electron chi connectivity index (χ2n) is 5.76. The lowest BCUT2D eigenvalue weighted by molar-refractivity contribution is 0.0702. The van der Waals surface area contributed by atoms with E-state index in [4.69, 9.17) is 14.7 Å². The Labute approximate surface area is 134 Å². The fourth-order valence-electron chi connectivity index (χ4n) is 2.34. The van der Waals surface area contributed by atoms with Crippen LogP contribution in [0.3, 0.4) is 0 Å². The Bertz CT molecular complexity index is 514. The number of carboxylic acid groups (broad SMARTS) is 1. The standard InChI is InChI=1S/C16H23NO4S/c1-16(8-10-21-17-16)7-5-3-2-4-6-9-20-13-11-14(15(18)19)22-12-13/h8,10-12,17H,2-7,9H2,1H3,(H,18,19). The van der Waals surface area contributed by atoms with Crippen LogP contribution in [0.15, 0.2) is 23.8 Å². The van der Waals surface area contributed by atoms with Gasteiger partial charge in [-0.3, -0.25) is 0 Å². The van der Waals surface area contributed by atoms with Gasteiger partial charge in [0.25, 0.3) is 0 Å². The summed E-state index contributed by atoms with van der Waals surface area (Å²) in [5.74, 6) is -0.236. The number of hydroxylamine groups is 1. The van der Waals surface area contributed by atoms with Crippen molar-refractivity contribution in [3.8, 4) is 5.75 Å². The second-order valence-corrected chi connectivity index (χ2v) is 6.67. The third-order valence-electron chi connectivity index (χ3n) is 3.69. The fourth-order valence-corrected chi connectivity index (χ4v) is 3.01. The van der Waals surface area contributed by atoms with Gasteiger partial charge in [0.1, 0.15) is 16.9 Å². The molecule has 0 spiro atoms. The number of unbranched alkanes of at least 4 members (excludes halogenated alkanes) is 4. The van der Waals surface area contributed by atoms with Gasteiger partial charge >= 0.3 is 5.97 Å². The summed E-state index contributed by atoms with van der Waals surface area (Å²) >= 11 is 1.20. The van der Waals surface area contributed by atoms with Crippen molar-refractivity contribution in [2.45, 2.75) is 51.0 Å². The van der Waals surface area contributed by atoms with E-state index in [0.29, 0.717) is 17.2 Å². The maximum atomic E-state index is 10.7. The molecule has 0 fully saturated rings. The normalized spacial score (nSPS) is 20.0. The molecular formula is C16H23NO4S. The molecule has 2 N–H and O–H groups in total. The van der Waals surface area contributed by atoms with Gasteiger partial charge in [-0.05, 0) is 25.8 Å². The van der Waals surface area contributed by atoms with Gasteiger partial charge in [-0.2, -0.15) is 0 Å². The van der Waals surface area contributed by atoms with Crippen LogP contribution in [-0.4, -0.2) is 23.2 Å². The minimum absolute atomic E-state index is 0.0100. The molecule has 0 saturated carbocycles. The minimum atomic E-state index is -0.898. The lowest BCUT2D eigenvalue weighted by Gasteiger charge is -2.20. The largest absolute Gasteiger partial charge is 0.493 e. The molecular weight excluding hydrogens is 302 g/mol. The summed E-state index contributed by atoms with van der Waals surface area (Å²) in [4.78, 5) is 16.1. The van der Waals surface area contributed by atoms with Gasteiger partial charge in [-0.1, -0.05) is 25.7 Å². The first-order chi connectivity index (χ1) is 10.6. The zero-order valence-electron chi connectivity index (χ0n) is 12.8. The molecule has 1 aromatic rings. The van der Waals surface area contributed by atoms with Gasteiger partial charge in [-0.25, -0.2) is 4.79 Å². The number of carbonyl (C=O) groups is 1. The molecule has 0 amide bonds. The highest BCUT2D eigenvalue weighted by Crippen LogP contribution is 2.22. The molecule has 2 rings (SSSR count). The molecule has 1 aliphatic heterocycles. The molecule has 22 heavy (non-hydrogen) atoms. The summed E-state index contributed by atoms with van der Waals surface area (Å²) in [7, 11) is 0. The molecule has 1 aromatic heterocycles. The highest BCUT2D eigenvalue weighted by atomic mass is 32.1. The van der Waals surface area contributed by atoms with Crippen LogP contribution in [0, 0.1) is 0 Å². The van der Waals surface area contributed by atoms with Crippen molar-refractivity contribution in [1.82, 2.24) is 5.48 Å². The SMILES string of the molecule is CC1(CCCCCCCOc2csc(C(=O)O)c2)C=CON1. The van der Waals surface area contributed by atoms with Crippen molar-refractivity contribution in [2.75, 3.05) is 6.61 Å². The number of rotatable bonds is 10. The average Bonchev–Trinajstić information content (AvgIpc) is 3.11. The van der Waals surface area contributed by atoms with Gasteiger partial charge in [-0.15, -0.1) is 16.8 Å². The molecule has 0 aliphatic carbocycles. The summed E-state index contributed by atoms with van der Waals surface area (Å²) < 4.78 is 5.55. The first-order valence-electron chi connectivity index (χ1n) is 7.64. The van der Waals surface area contributed by atoms with Crippen molar-refractivity contribution >= 4 is 17.3 Å². The van der Waals surface area contributed by atoms with Gasteiger partial charge in [0, 0.05) is 11.4 Å². The quantitative estimate of drug-likeness (QED) is 0.637. The van der Waals surface area contributed by atoms with E-state index >= 15 is 0 Å². The fraction of sp³-hybridized carbons (Fsp3) is 0.562. The highest BCUT2D eigenvalue weighted by molar-refractivity contribution is 7.12. The number of thiophene rings is 1. The number of aromatic carboxylic acids is 1. The Balaban J connectivity index is 1.47. The van der Waals surface area contributed by atoms with Crippen LogP contribution >= 0.6 is 11.3 Å². The van der Waals surface area contributed by atoms with E-state index in [1.807, 2.05) is 0 Å². The van der Waals surface area contributed by atoms with Gasteiger partial charge in [0.05, 0.1) is 12.1 Å². The van der Waals surface area contributed by atoms with Crippen molar-refractivity contribution in [2.24, 2.45) is 0 Å². The van der Waals surface area contributed by atoms with Crippen molar-refractivity contribution in [3.05, 3.63) is 28.7 Å². The maximum Gasteiger partial charge on any atom is 0.346 e. The first kappa shape index (κ1) is 16.8. The maximum absolute atomic E-state index is 10.7. The number of nitrogens with one attached hydrogen (secondary N) is 1. The van der Waals surface area contributed by atoms with Gasteiger partial charge in [0.15, 0.2) is 0 Å². The van der Waals surface area contributed by atoms with Crippen molar-refractivity contribution in [1.29, 1.82) is 0 Å². The van der Waals surface area contributed by atoms with E-state index in [0.717, 1.165) is 19.3 Å². The average molecular weight is 325 g/mol. The lowest BCUT2D eigenvalue weighted by Crippen LogP contribution is -2.35. The van der Waals surface area contributed by atoms with E-state index in [-0.39, 0.29) is 5.54 Å². The molecule has 1 unspecified atom stereocenters. The van der Waals surface area contributed by atoms with E-state index in [1.54, 1.807) is 17.7 Å². The molecule has 2 heterocycles. The Morgan fingerprint density at radius 3 is 2.82 bits per heavy atom. The first-order valence-corrected chi connectivity index (χ1v) is 8.52. The summed E-state index contributed by atoms with van der Waals surface area (Å²) in [5, 5.41) is 10.6. The van der Waals surface area contributed by atoms with E-state index in [2.05, 4.69) is 18.5 Å². The Kier molecular flexibility index (Phi) is 6.27. The molecule has 6 heteroatoms. The zero-order chi connectivity index (χ0) is 15.8. The molecule has 0 radical (unpaired) electrons. The Hall–Kier alpha value is -1.53. The van der Waals surface area contributed by atoms with Crippen LogP contribution in [0.25, 0.3) is 0 Å². The van der Waals surface area contributed by atoms with Crippen LogP contribution in [0.2, 0.25) is 0 Å². The summed E-state index contributed by atoms with van der Waals surface area (Å²) in [6, 6.07) is 1.58. The van der Waals surface area contributed by atoms with Crippen LogP contribution in [0.4, 0.5) is 0 Å². The van der Waals surface area contributed by atoms with Crippen LogP contribution in [0.1, 0.15) is 55.1 Å². The molecule has 5 nitrogen and oxygen atoms in total. The van der Waals surface area contributed by atoms with Crippen molar-refractivity contribution < 1.29 is 19.5 Å². The lowest BCUT2D eigenvalue weighted by atomic mass is 9.95. The molecule has 0 saturated heterocycles. The summed E-state index contributed by atoms with van der Waals surface area (Å²) in [6.45, 7) is 2.78. The van der Waals surface area contributed by atoms with E-state index < -0.39 is 5.97 Å². The smallest absolute Gasteiger partial charge is 0.346 e. The molecule has 0 bridgehead atoms. The number of hydrogen-bond donors (Lipinski definition) is 2. The molecule has 122 valence electrons. The van der Waals surface area contributed by atoms with Crippen LogP contribution in [0.5, 0.6) is 5.75 Å². The minimum Gasteiger partial charge on any atom is -0.493 e. The second kappa shape index (κ2) is 8.19. The predicted octanol–water partition coefficient (Wildman–Crippen LogP) is 3.97. The van der Waals surface area contributed by atoms with Crippen molar-refractivity contribution in [3.63, 3.8) is 0 Å². The number of carboxylic acids is 1. The number of ether oxygens (including phenoxy) is 1. The van der Waals surface area contributed by atoms with E-state index in [1.165, 1.54) is 30.6 Å². The predicted molar refractivity (Wildman–Crippen MR) is 86.2 cm³/mol. The van der Waals surface area contributed by atoms with Crippen LogP contribution < -0.4 is 10.2 Å². The molecule has 0 aromatic carbocycles. The van der Waals surface area contributed by atoms with E-state index in [9.17, 15) is 4.79 Å². The topological polar surface area (TPSA) is 67.8 Å². The molecule has 1 atom stereocenters. The Morgan fingerprint density at radius 2 is 2.14 bits per heavy atom. The monoisotopic (exact) mass is 325 g/mol. The Morgan fingerprint density at radius 1 is 1.36 bits per heavy atom. The zero-order valence-corrected chi connectivity index (χ0v) is 13.7. The summed E-state index contributed by atoms with van der Waals surface area (Å²) in [6.07, 6.45) is 10.5. The third kappa shape index (κ3) is 5.35. The summed E-state index contributed by atoms with van der Waals surface area (Å²) in [5.41, 5.74) is 2.99. The van der Waals surface area contributed by atoms with Gasteiger partial charge < -0.3 is 14.7 Å². The molecule has 1 aliphatic rings. The third-order valence-corrected chi connectivity index (χ3v) is 4.59. The van der Waals surface area contributed by atoms with Gasteiger partial charge in [0.2, 0.25) is 0 Å². The highest BCUT2D eigenvalue weighted by Gasteiger charge is 2.24.